The van der Waals surface area contributed by atoms with E-state index in [9.17, 15) is 14.4 Å². The summed E-state index contributed by atoms with van der Waals surface area (Å²) in [7, 11) is 0. The van der Waals surface area contributed by atoms with E-state index in [0.717, 1.165) is 11.1 Å². The van der Waals surface area contributed by atoms with E-state index >= 15 is 0 Å². The topological polar surface area (TPSA) is 120 Å². The minimum atomic E-state index is -0.703. The van der Waals surface area contributed by atoms with Crippen molar-refractivity contribution in [1.82, 2.24) is 9.55 Å². The molecule has 0 saturated carbocycles. The molecule has 0 atom stereocenters. The second-order valence-electron chi connectivity index (χ2n) is 8.68. The third kappa shape index (κ3) is 5.46. The van der Waals surface area contributed by atoms with E-state index in [1.807, 2.05) is 44.2 Å². The zero-order valence-electron chi connectivity index (χ0n) is 19.7. The van der Waals surface area contributed by atoms with Crippen LogP contribution in [0.2, 0.25) is 0 Å². The number of carbonyl (C=O) groups is 1. The molecule has 1 aromatic heterocycles. The lowest BCUT2D eigenvalue weighted by Crippen LogP contribution is -2.41. The number of nitrogen functional groups attached to an aromatic ring is 1. The number of nitrogens with one attached hydrogen (secondary N) is 1. The van der Waals surface area contributed by atoms with Crippen molar-refractivity contribution in [3.05, 3.63) is 86.6 Å². The Morgan fingerprint density at radius 2 is 1.89 bits per heavy atom. The molecule has 1 amide bonds. The number of fused-ring (bicyclic) bond motifs is 1. The first kappa shape index (κ1) is 23.9. The second-order valence-corrected chi connectivity index (χ2v) is 8.68. The van der Waals surface area contributed by atoms with Gasteiger partial charge in [0.15, 0.2) is 17.2 Å². The van der Waals surface area contributed by atoms with Crippen molar-refractivity contribution >= 4 is 23.5 Å². The zero-order valence-corrected chi connectivity index (χ0v) is 19.7. The molecule has 0 aliphatic carbocycles. The third-order valence-electron chi connectivity index (χ3n) is 5.68. The average molecular weight is 477 g/mol. The molecule has 0 saturated heterocycles. The first-order valence-corrected chi connectivity index (χ1v) is 11.4. The van der Waals surface area contributed by atoms with Gasteiger partial charge in [-0.15, -0.1) is 0 Å². The number of ether oxygens (including phenoxy) is 2. The van der Waals surface area contributed by atoms with Gasteiger partial charge >= 0.3 is 5.69 Å². The van der Waals surface area contributed by atoms with Crippen molar-refractivity contribution in [2.45, 2.75) is 26.8 Å². The van der Waals surface area contributed by atoms with Crippen molar-refractivity contribution in [3.63, 3.8) is 0 Å². The molecule has 1 aliphatic heterocycles. The van der Waals surface area contributed by atoms with Crippen LogP contribution in [0.25, 0.3) is 6.08 Å². The normalized spacial score (nSPS) is 12.4. The number of H-pyrrole nitrogens is 1. The van der Waals surface area contributed by atoms with E-state index in [4.69, 9.17) is 15.2 Å². The molecule has 3 aromatic rings. The van der Waals surface area contributed by atoms with Gasteiger partial charge in [0.25, 0.3) is 11.5 Å². The predicted molar refractivity (Wildman–Crippen MR) is 135 cm³/mol. The van der Waals surface area contributed by atoms with Crippen LogP contribution in [-0.4, -0.2) is 28.8 Å². The molecule has 2 heterocycles. The van der Waals surface area contributed by atoms with Gasteiger partial charge in [0.2, 0.25) is 6.79 Å². The van der Waals surface area contributed by atoms with Gasteiger partial charge in [-0.3, -0.25) is 19.1 Å². The fourth-order valence-corrected chi connectivity index (χ4v) is 3.75. The number of amides is 1. The molecule has 35 heavy (non-hydrogen) atoms. The van der Waals surface area contributed by atoms with Gasteiger partial charge in [-0.1, -0.05) is 50.2 Å². The van der Waals surface area contributed by atoms with E-state index in [1.165, 1.54) is 15.5 Å². The molecule has 2 aromatic carbocycles. The van der Waals surface area contributed by atoms with Crippen molar-refractivity contribution < 1.29 is 14.3 Å². The summed E-state index contributed by atoms with van der Waals surface area (Å²) in [6.07, 6.45) is 3.65. The predicted octanol–water partition coefficient (Wildman–Crippen LogP) is 2.99. The van der Waals surface area contributed by atoms with E-state index in [1.54, 1.807) is 24.3 Å². The van der Waals surface area contributed by atoms with Gasteiger partial charge in [0, 0.05) is 12.6 Å². The molecule has 0 bridgehead atoms. The number of carbonyl (C=O) groups excluding carboxylic acids is 1. The highest BCUT2D eigenvalue weighted by atomic mass is 16.7. The Hall–Kier alpha value is -4.27. The van der Waals surface area contributed by atoms with E-state index in [-0.39, 0.29) is 37.3 Å². The van der Waals surface area contributed by atoms with Crippen LogP contribution in [0.5, 0.6) is 11.5 Å². The molecule has 3 N–H and O–H groups in total. The van der Waals surface area contributed by atoms with Gasteiger partial charge in [0.1, 0.15) is 5.82 Å². The average Bonchev–Trinajstić information content (AvgIpc) is 3.30. The summed E-state index contributed by atoms with van der Waals surface area (Å²) in [5.74, 6) is 1.04. The Labute approximate surface area is 202 Å². The van der Waals surface area contributed by atoms with Crippen LogP contribution in [0, 0.1) is 5.92 Å². The number of nitrogens with zero attached hydrogens (tertiary/aromatic N) is 2. The van der Waals surface area contributed by atoms with E-state index < -0.39 is 17.2 Å². The van der Waals surface area contributed by atoms with Crippen molar-refractivity contribution in [1.29, 1.82) is 0 Å². The second kappa shape index (κ2) is 10.3. The number of aromatic amines is 1. The molecular formula is C26H28N4O5. The van der Waals surface area contributed by atoms with Crippen LogP contribution >= 0.6 is 0 Å². The van der Waals surface area contributed by atoms with Crippen LogP contribution < -0.4 is 31.4 Å². The molecule has 1 aliphatic rings. The summed E-state index contributed by atoms with van der Waals surface area (Å²) in [5.41, 5.74) is 6.54. The van der Waals surface area contributed by atoms with Crippen LogP contribution in [0.4, 0.5) is 11.5 Å². The lowest BCUT2D eigenvalue weighted by Gasteiger charge is -2.24. The fourth-order valence-electron chi connectivity index (χ4n) is 3.75. The van der Waals surface area contributed by atoms with Gasteiger partial charge in [-0.2, -0.15) is 0 Å². The van der Waals surface area contributed by atoms with Crippen molar-refractivity contribution in [2.24, 2.45) is 5.92 Å². The summed E-state index contributed by atoms with van der Waals surface area (Å²) in [6, 6.07) is 14.6. The first-order chi connectivity index (χ1) is 16.8. The third-order valence-corrected chi connectivity index (χ3v) is 5.68. The maximum Gasteiger partial charge on any atom is 0.330 e. The molecule has 0 radical (unpaired) electrons. The van der Waals surface area contributed by atoms with Gasteiger partial charge in [-0.25, -0.2) is 4.79 Å². The zero-order chi connectivity index (χ0) is 24.9. The minimum absolute atomic E-state index is 0.0403. The summed E-state index contributed by atoms with van der Waals surface area (Å²) >= 11 is 0. The van der Waals surface area contributed by atoms with Gasteiger partial charge in [0.05, 0.1) is 6.54 Å². The summed E-state index contributed by atoms with van der Waals surface area (Å²) in [5, 5.41) is 0. The van der Waals surface area contributed by atoms with Crippen LogP contribution in [0.3, 0.4) is 0 Å². The highest BCUT2D eigenvalue weighted by Gasteiger charge is 2.23. The van der Waals surface area contributed by atoms with Crippen molar-refractivity contribution in [3.8, 4) is 11.5 Å². The number of benzene rings is 2. The molecule has 0 unspecified atom stereocenters. The van der Waals surface area contributed by atoms with Crippen molar-refractivity contribution in [2.75, 3.05) is 24.0 Å². The van der Waals surface area contributed by atoms with Gasteiger partial charge < -0.3 is 20.1 Å². The van der Waals surface area contributed by atoms with Crippen LogP contribution in [-0.2, 0) is 11.3 Å². The Kier molecular flexibility index (Phi) is 7.05. The molecule has 0 fully saturated rings. The number of rotatable bonds is 8. The monoisotopic (exact) mass is 476 g/mol. The summed E-state index contributed by atoms with van der Waals surface area (Å²) in [6.45, 7) is 4.63. The summed E-state index contributed by atoms with van der Waals surface area (Å²) < 4.78 is 12.0. The summed E-state index contributed by atoms with van der Waals surface area (Å²) in [4.78, 5) is 42.4. The smallest absolute Gasteiger partial charge is 0.330 e. The minimum Gasteiger partial charge on any atom is -0.454 e. The molecular weight excluding hydrogens is 448 g/mol. The molecule has 4 rings (SSSR count). The Bertz CT molecular complexity index is 1360. The van der Waals surface area contributed by atoms with E-state index in [0.29, 0.717) is 17.9 Å². The highest BCUT2D eigenvalue weighted by Crippen LogP contribution is 2.32. The SMILES string of the molecule is CC(C)CCN(C(=O)C=Cc1ccc2c(c1)OCO2)c1c(N)n(Cc2ccccc2)c(=O)[nH]c1=O. The maximum absolute atomic E-state index is 13.3. The first-order valence-electron chi connectivity index (χ1n) is 11.4. The quantitative estimate of drug-likeness (QED) is 0.483. The molecule has 0 spiro atoms. The largest absolute Gasteiger partial charge is 0.454 e. The highest BCUT2D eigenvalue weighted by molar-refractivity contribution is 6.05. The standard InChI is InChI=1S/C26H28N4O5/c1-17(2)12-13-29(22(31)11-9-18-8-10-20-21(14-18)35-16-34-20)23-24(27)30(26(33)28-25(23)32)15-19-6-4-3-5-7-19/h3-11,14,17H,12-13,15-16,27H2,1-2H3,(H,28,32,33). The number of hydrogen-bond donors (Lipinski definition) is 2. The van der Waals surface area contributed by atoms with E-state index in [2.05, 4.69) is 4.98 Å². The number of hydrogen-bond acceptors (Lipinski definition) is 6. The number of aromatic nitrogens is 2. The van der Waals surface area contributed by atoms with Crippen LogP contribution in [0.15, 0.2) is 64.2 Å². The molecule has 182 valence electrons. The van der Waals surface area contributed by atoms with Gasteiger partial charge in [-0.05, 0) is 41.7 Å². The Morgan fingerprint density at radius 3 is 2.63 bits per heavy atom. The number of nitrogens with two attached hydrogens (primary N) is 1. The lowest BCUT2D eigenvalue weighted by atomic mass is 10.1. The Morgan fingerprint density at radius 1 is 1.14 bits per heavy atom. The lowest BCUT2D eigenvalue weighted by molar-refractivity contribution is -0.114. The molecule has 9 heteroatoms. The Balaban J connectivity index is 1.69. The number of anilines is 2. The van der Waals surface area contributed by atoms with Crippen LogP contribution in [0.1, 0.15) is 31.4 Å². The molecule has 9 nitrogen and oxygen atoms in total. The maximum atomic E-state index is 13.3. The fraction of sp³-hybridized carbons (Fsp3) is 0.269.